The zero-order chi connectivity index (χ0) is 14.7. The summed E-state index contributed by atoms with van der Waals surface area (Å²) >= 11 is 5.24. The van der Waals surface area contributed by atoms with Crippen molar-refractivity contribution in [2.24, 2.45) is 5.92 Å². The molecule has 1 saturated heterocycles. The fraction of sp³-hybridized carbons (Fsp3) is 0.353. The Balaban J connectivity index is 1.55. The van der Waals surface area contributed by atoms with Crippen molar-refractivity contribution in [3.63, 3.8) is 0 Å². The van der Waals surface area contributed by atoms with E-state index in [0.29, 0.717) is 0 Å². The minimum atomic E-state index is 0.164. The number of hydrogen-bond acceptors (Lipinski definition) is 2. The Labute approximate surface area is 137 Å². The molecule has 1 aliphatic rings. The molecule has 0 unspecified atom stereocenters. The van der Waals surface area contributed by atoms with Gasteiger partial charge in [-0.1, -0.05) is 22.0 Å². The van der Waals surface area contributed by atoms with Crippen molar-refractivity contribution in [3.8, 4) is 0 Å². The smallest absolute Gasteiger partial charge is 0.253 e. The third kappa shape index (κ3) is 3.74. The van der Waals surface area contributed by atoms with Gasteiger partial charge in [0.05, 0.1) is 0 Å². The topological polar surface area (TPSA) is 20.3 Å². The molecule has 1 aliphatic heterocycles. The fourth-order valence-electron chi connectivity index (χ4n) is 2.83. The molecule has 2 heterocycles. The highest BCUT2D eigenvalue weighted by atomic mass is 79.9. The Morgan fingerprint density at radius 3 is 2.52 bits per heavy atom. The van der Waals surface area contributed by atoms with Gasteiger partial charge in [-0.2, -0.15) is 0 Å². The van der Waals surface area contributed by atoms with Crippen molar-refractivity contribution in [2.75, 3.05) is 13.1 Å². The fourth-order valence-corrected chi connectivity index (χ4v) is 3.91. The van der Waals surface area contributed by atoms with Gasteiger partial charge in [-0.3, -0.25) is 4.79 Å². The van der Waals surface area contributed by atoms with Gasteiger partial charge in [0.15, 0.2) is 0 Å². The van der Waals surface area contributed by atoms with Crippen LogP contribution in [0.5, 0.6) is 0 Å². The molecular weight excluding hydrogens is 346 g/mol. The number of carbonyl (C=O) groups excluding carboxylic acids is 1. The second-order valence-electron chi connectivity index (χ2n) is 5.53. The summed E-state index contributed by atoms with van der Waals surface area (Å²) in [5.74, 6) is 0.884. The zero-order valence-electron chi connectivity index (χ0n) is 11.8. The van der Waals surface area contributed by atoms with Gasteiger partial charge in [-0.25, -0.2) is 0 Å². The van der Waals surface area contributed by atoms with Gasteiger partial charge in [0.1, 0.15) is 0 Å². The van der Waals surface area contributed by atoms with E-state index >= 15 is 0 Å². The van der Waals surface area contributed by atoms with Crippen LogP contribution in [0.1, 0.15) is 28.1 Å². The maximum Gasteiger partial charge on any atom is 0.253 e. The third-order valence-electron chi connectivity index (χ3n) is 4.06. The van der Waals surface area contributed by atoms with Crippen molar-refractivity contribution < 1.29 is 4.79 Å². The summed E-state index contributed by atoms with van der Waals surface area (Å²) in [6.45, 7) is 1.76. The molecule has 21 heavy (non-hydrogen) atoms. The van der Waals surface area contributed by atoms with Crippen molar-refractivity contribution in [1.29, 1.82) is 0 Å². The van der Waals surface area contributed by atoms with Gasteiger partial charge >= 0.3 is 0 Å². The lowest BCUT2D eigenvalue weighted by atomic mass is 9.92. The summed E-state index contributed by atoms with van der Waals surface area (Å²) in [5.41, 5.74) is 0.787. The van der Waals surface area contributed by atoms with Crippen LogP contribution in [-0.4, -0.2) is 23.9 Å². The maximum absolute atomic E-state index is 12.4. The van der Waals surface area contributed by atoms with Crippen LogP contribution < -0.4 is 0 Å². The highest BCUT2D eigenvalue weighted by Gasteiger charge is 2.23. The first-order valence-electron chi connectivity index (χ1n) is 7.29. The van der Waals surface area contributed by atoms with E-state index in [-0.39, 0.29) is 5.91 Å². The molecule has 110 valence electrons. The minimum Gasteiger partial charge on any atom is -0.339 e. The number of piperidine rings is 1. The summed E-state index contributed by atoms with van der Waals surface area (Å²) < 4.78 is 1.01. The number of nitrogens with zero attached hydrogens (tertiary/aromatic N) is 1. The van der Waals surface area contributed by atoms with Crippen LogP contribution in [0.15, 0.2) is 46.3 Å². The van der Waals surface area contributed by atoms with Gasteiger partial charge < -0.3 is 4.90 Å². The quantitative estimate of drug-likeness (QED) is 0.779. The van der Waals surface area contributed by atoms with Gasteiger partial charge in [-0.15, -0.1) is 11.3 Å². The number of benzene rings is 1. The molecule has 2 nitrogen and oxygen atoms in total. The van der Waals surface area contributed by atoms with Crippen LogP contribution in [0.4, 0.5) is 0 Å². The molecule has 0 aliphatic carbocycles. The molecule has 1 aromatic heterocycles. The number of carbonyl (C=O) groups is 1. The number of likely N-dealkylation sites (tertiary alicyclic amines) is 1. The van der Waals surface area contributed by atoms with Gasteiger partial charge in [0.2, 0.25) is 0 Å². The summed E-state index contributed by atoms with van der Waals surface area (Å²) in [4.78, 5) is 15.9. The van der Waals surface area contributed by atoms with E-state index < -0.39 is 0 Å². The van der Waals surface area contributed by atoms with E-state index in [2.05, 4.69) is 33.4 Å². The Morgan fingerprint density at radius 2 is 1.90 bits per heavy atom. The number of hydrogen-bond donors (Lipinski definition) is 0. The number of amides is 1. The maximum atomic E-state index is 12.4. The van der Waals surface area contributed by atoms with Crippen molar-refractivity contribution in [3.05, 3.63) is 56.7 Å². The molecule has 3 rings (SSSR count). The Morgan fingerprint density at radius 1 is 1.19 bits per heavy atom. The van der Waals surface area contributed by atoms with Crippen LogP contribution >= 0.6 is 27.3 Å². The highest BCUT2D eigenvalue weighted by molar-refractivity contribution is 9.10. The monoisotopic (exact) mass is 363 g/mol. The molecule has 1 amide bonds. The summed E-state index contributed by atoms with van der Waals surface area (Å²) in [5, 5.41) is 2.14. The summed E-state index contributed by atoms with van der Waals surface area (Å²) in [6.07, 6.45) is 3.39. The molecule has 0 saturated carbocycles. The van der Waals surface area contributed by atoms with Crippen LogP contribution in [0, 0.1) is 5.92 Å². The van der Waals surface area contributed by atoms with Gasteiger partial charge in [0.25, 0.3) is 5.91 Å². The molecule has 2 aromatic rings. The van der Waals surface area contributed by atoms with E-state index in [4.69, 9.17) is 0 Å². The molecule has 0 atom stereocenters. The largest absolute Gasteiger partial charge is 0.339 e. The Bertz CT molecular complexity index is 586. The predicted molar refractivity (Wildman–Crippen MR) is 90.8 cm³/mol. The lowest BCUT2D eigenvalue weighted by Crippen LogP contribution is -2.38. The first-order chi connectivity index (χ1) is 10.2. The molecule has 0 radical (unpaired) electrons. The molecular formula is C17H18BrNOS. The van der Waals surface area contributed by atoms with E-state index in [9.17, 15) is 4.79 Å². The van der Waals surface area contributed by atoms with Crippen LogP contribution in [-0.2, 0) is 6.42 Å². The first-order valence-corrected chi connectivity index (χ1v) is 8.97. The van der Waals surface area contributed by atoms with E-state index in [1.54, 1.807) is 0 Å². The van der Waals surface area contributed by atoms with Crippen LogP contribution in [0.2, 0.25) is 0 Å². The van der Waals surface area contributed by atoms with E-state index in [1.807, 2.05) is 40.5 Å². The van der Waals surface area contributed by atoms with Gasteiger partial charge in [0, 0.05) is 28.0 Å². The van der Waals surface area contributed by atoms with Crippen molar-refractivity contribution in [1.82, 2.24) is 4.90 Å². The highest BCUT2D eigenvalue weighted by Crippen LogP contribution is 2.25. The number of rotatable bonds is 3. The number of thiophene rings is 1. The normalized spacial score (nSPS) is 16.1. The lowest BCUT2D eigenvalue weighted by molar-refractivity contribution is 0.0691. The van der Waals surface area contributed by atoms with Crippen LogP contribution in [0.3, 0.4) is 0 Å². The number of halogens is 1. The predicted octanol–water partition coefficient (Wildman–Crippen LogP) is 4.61. The standard InChI is InChI=1S/C17H18BrNOS/c18-15-5-3-14(4-6-15)17(20)19-9-7-13(8-10-19)12-16-2-1-11-21-16/h1-6,11,13H,7-10,12H2. The second kappa shape index (κ2) is 6.75. The van der Waals surface area contributed by atoms with Crippen LogP contribution in [0.25, 0.3) is 0 Å². The molecule has 0 bridgehead atoms. The zero-order valence-corrected chi connectivity index (χ0v) is 14.2. The molecule has 1 aromatic carbocycles. The summed E-state index contributed by atoms with van der Waals surface area (Å²) in [7, 11) is 0. The third-order valence-corrected chi connectivity index (χ3v) is 5.49. The van der Waals surface area contributed by atoms with Crippen molar-refractivity contribution >= 4 is 33.2 Å². The Hall–Kier alpha value is -1.13. The summed E-state index contributed by atoms with van der Waals surface area (Å²) in [6, 6.07) is 12.0. The second-order valence-corrected chi connectivity index (χ2v) is 7.47. The molecule has 1 fully saturated rings. The van der Waals surface area contributed by atoms with E-state index in [0.717, 1.165) is 48.3 Å². The average molecular weight is 364 g/mol. The van der Waals surface area contributed by atoms with E-state index in [1.165, 1.54) is 4.88 Å². The first kappa shape index (κ1) is 14.8. The molecule has 0 spiro atoms. The molecule has 0 N–H and O–H groups in total. The van der Waals surface area contributed by atoms with Gasteiger partial charge in [-0.05, 0) is 60.9 Å². The van der Waals surface area contributed by atoms with Crippen molar-refractivity contribution in [2.45, 2.75) is 19.3 Å². The lowest BCUT2D eigenvalue weighted by Gasteiger charge is -2.32. The average Bonchev–Trinajstić information content (AvgIpc) is 3.01. The Kier molecular flexibility index (Phi) is 4.76. The molecule has 4 heteroatoms. The SMILES string of the molecule is O=C(c1ccc(Br)cc1)N1CCC(Cc2cccs2)CC1. The minimum absolute atomic E-state index is 0.164.